The fraction of sp³-hybridized carbons (Fsp3) is 0.161. The van der Waals surface area contributed by atoms with Crippen LogP contribution in [-0.4, -0.2) is 29.1 Å². The summed E-state index contributed by atoms with van der Waals surface area (Å²) in [4.78, 5) is 24.2. The fourth-order valence-corrected chi connectivity index (χ4v) is 5.37. The number of aromatic hydroxyl groups is 2. The van der Waals surface area contributed by atoms with Crippen LogP contribution in [0.15, 0.2) is 84.9 Å². The molecule has 1 unspecified atom stereocenters. The molecule has 0 saturated heterocycles. The van der Waals surface area contributed by atoms with Crippen molar-refractivity contribution >= 4 is 11.8 Å². The number of phenols is 2. The molecule has 1 atom stereocenters. The smallest absolute Gasteiger partial charge is 0.312 e. The summed E-state index contributed by atoms with van der Waals surface area (Å²) in [6.07, 6.45) is 0. The molecule has 5 nitrogen and oxygen atoms in total. The molecular formula is C31H26O5. The van der Waals surface area contributed by atoms with Gasteiger partial charge in [0.25, 0.3) is 0 Å². The van der Waals surface area contributed by atoms with Crippen LogP contribution in [0.1, 0.15) is 46.8 Å². The summed E-state index contributed by atoms with van der Waals surface area (Å²) in [5, 5.41) is 19.2. The molecule has 180 valence electrons. The second kappa shape index (κ2) is 8.68. The summed E-state index contributed by atoms with van der Waals surface area (Å²) < 4.78 is 4.99. The Morgan fingerprint density at radius 1 is 0.694 bits per heavy atom. The van der Waals surface area contributed by atoms with Crippen molar-refractivity contribution in [1.82, 2.24) is 0 Å². The normalized spacial score (nSPS) is 14.6. The highest BCUT2D eigenvalue weighted by Gasteiger charge is 2.44. The van der Waals surface area contributed by atoms with E-state index in [1.54, 1.807) is 24.3 Å². The quantitative estimate of drug-likeness (QED) is 0.291. The maximum atomic E-state index is 12.2. The summed E-state index contributed by atoms with van der Waals surface area (Å²) in [5.74, 6) is -0.0274. The minimum Gasteiger partial charge on any atom is -0.508 e. The maximum Gasteiger partial charge on any atom is 0.312 e. The second-order valence-corrected chi connectivity index (χ2v) is 9.61. The Kier molecular flexibility index (Phi) is 5.64. The molecule has 6 rings (SSSR count). The zero-order valence-electron chi connectivity index (χ0n) is 20.3. The van der Waals surface area contributed by atoms with E-state index in [2.05, 4.69) is 6.07 Å². The van der Waals surface area contributed by atoms with Gasteiger partial charge in [-0.25, -0.2) is 0 Å². The van der Waals surface area contributed by atoms with Crippen molar-refractivity contribution in [2.75, 3.05) is 7.11 Å². The van der Waals surface area contributed by atoms with E-state index in [4.69, 9.17) is 4.74 Å². The van der Waals surface area contributed by atoms with E-state index in [-0.39, 0.29) is 29.2 Å². The van der Waals surface area contributed by atoms with Crippen LogP contribution in [0.5, 0.6) is 11.5 Å². The Balaban J connectivity index is 0.000000156. The number of carbonyl (C=O) groups is 2. The van der Waals surface area contributed by atoms with Gasteiger partial charge in [0.15, 0.2) is 5.78 Å². The molecule has 2 aliphatic rings. The first kappa shape index (κ1) is 23.4. The minimum atomic E-state index is -0.704. The van der Waals surface area contributed by atoms with Crippen molar-refractivity contribution in [2.24, 2.45) is 5.41 Å². The number of phenolic OH excluding ortho intramolecular Hbond substituents is 2. The number of ether oxygens (including phenoxy) is 1. The first-order valence-corrected chi connectivity index (χ1v) is 11.7. The van der Waals surface area contributed by atoms with Crippen LogP contribution in [0, 0.1) is 5.41 Å². The van der Waals surface area contributed by atoms with Gasteiger partial charge in [0, 0.05) is 17.0 Å². The first-order valence-electron chi connectivity index (χ1n) is 11.7. The van der Waals surface area contributed by atoms with E-state index in [9.17, 15) is 19.8 Å². The van der Waals surface area contributed by atoms with E-state index in [1.807, 2.05) is 62.4 Å². The van der Waals surface area contributed by atoms with Gasteiger partial charge in [-0.05, 0) is 77.6 Å². The average molecular weight is 479 g/mol. The molecule has 0 aliphatic heterocycles. The molecule has 0 saturated carbocycles. The van der Waals surface area contributed by atoms with Crippen molar-refractivity contribution in [3.05, 3.63) is 107 Å². The third kappa shape index (κ3) is 3.64. The zero-order valence-corrected chi connectivity index (χ0v) is 20.3. The summed E-state index contributed by atoms with van der Waals surface area (Å²) in [7, 11) is 1.41. The van der Waals surface area contributed by atoms with Gasteiger partial charge in [-0.3, -0.25) is 9.59 Å². The number of ketones is 1. The van der Waals surface area contributed by atoms with Gasteiger partial charge in [0.2, 0.25) is 0 Å². The number of esters is 1. The lowest BCUT2D eigenvalue weighted by Crippen LogP contribution is -2.32. The highest BCUT2D eigenvalue weighted by atomic mass is 16.5. The van der Waals surface area contributed by atoms with Crippen molar-refractivity contribution in [2.45, 2.75) is 19.8 Å². The highest BCUT2D eigenvalue weighted by molar-refractivity contribution is 6.21. The molecule has 0 amide bonds. The SMILES string of the molecule is COC(=O)C(C)(C)C1c2ccccc2-c2ccc(O)cc21.O=C1c2ccccc2-c2ccc(O)cc21. The first-order chi connectivity index (χ1) is 17.2. The van der Waals surface area contributed by atoms with Gasteiger partial charge in [-0.1, -0.05) is 54.6 Å². The largest absolute Gasteiger partial charge is 0.508 e. The molecule has 2 N–H and O–H groups in total. The molecule has 5 heteroatoms. The van der Waals surface area contributed by atoms with Gasteiger partial charge < -0.3 is 14.9 Å². The lowest BCUT2D eigenvalue weighted by atomic mass is 9.73. The van der Waals surface area contributed by atoms with Crippen LogP contribution in [0.2, 0.25) is 0 Å². The third-order valence-corrected chi connectivity index (χ3v) is 7.05. The summed E-state index contributed by atoms with van der Waals surface area (Å²) in [5.41, 5.74) is 6.75. The van der Waals surface area contributed by atoms with E-state index in [1.165, 1.54) is 13.2 Å². The van der Waals surface area contributed by atoms with Crippen molar-refractivity contribution < 1.29 is 24.5 Å². The lowest BCUT2D eigenvalue weighted by molar-refractivity contribution is -0.151. The van der Waals surface area contributed by atoms with Gasteiger partial charge in [-0.2, -0.15) is 0 Å². The van der Waals surface area contributed by atoms with E-state index in [0.29, 0.717) is 5.56 Å². The second-order valence-electron chi connectivity index (χ2n) is 9.61. The van der Waals surface area contributed by atoms with Crippen LogP contribution in [0.3, 0.4) is 0 Å². The predicted molar refractivity (Wildman–Crippen MR) is 138 cm³/mol. The summed E-state index contributed by atoms with van der Waals surface area (Å²) in [6, 6.07) is 25.8. The Bertz CT molecular complexity index is 1520. The van der Waals surface area contributed by atoms with Crippen LogP contribution in [0.4, 0.5) is 0 Å². The number of methoxy groups -OCH3 is 1. The highest BCUT2D eigenvalue weighted by Crippen LogP contribution is 2.53. The summed E-state index contributed by atoms with van der Waals surface area (Å²) >= 11 is 0. The number of rotatable bonds is 2. The van der Waals surface area contributed by atoms with E-state index >= 15 is 0 Å². The predicted octanol–water partition coefficient (Wildman–Crippen LogP) is 6.31. The number of carbonyl (C=O) groups excluding carboxylic acids is 2. The average Bonchev–Trinajstić information content (AvgIpc) is 3.36. The number of benzene rings is 4. The standard InChI is InChI=1S/C18H18O3.C13H8O2/c1-18(2,17(20)21-3)16-14-7-5-4-6-12(14)13-9-8-11(19)10-15(13)16;14-8-5-6-10-9-3-1-2-4-11(9)13(15)12(10)7-8/h4-10,16,19H,1-3H3;1-7,14H. The minimum absolute atomic E-state index is 0.00324. The number of hydrogen-bond donors (Lipinski definition) is 2. The van der Waals surface area contributed by atoms with Gasteiger partial charge in [0.1, 0.15) is 11.5 Å². The zero-order chi connectivity index (χ0) is 25.6. The van der Waals surface area contributed by atoms with Crippen LogP contribution < -0.4 is 0 Å². The Morgan fingerprint density at radius 2 is 1.22 bits per heavy atom. The lowest BCUT2D eigenvalue weighted by Gasteiger charge is -2.30. The Hall–Kier alpha value is -4.38. The number of fused-ring (bicyclic) bond motifs is 6. The molecule has 0 bridgehead atoms. The van der Waals surface area contributed by atoms with Crippen molar-refractivity contribution in [3.63, 3.8) is 0 Å². The van der Waals surface area contributed by atoms with E-state index < -0.39 is 5.41 Å². The molecule has 2 aliphatic carbocycles. The van der Waals surface area contributed by atoms with Crippen molar-refractivity contribution in [3.8, 4) is 33.8 Å². The van der Waals surface area contributed by atoms with Gasteiger partial charge in [-0.15, -0.1) is 0 Å². The molecule has 0 radical (unpaired) electrons. The topological polar surface area (TPSA) is 83.8 Å². The van der Waals surface area contributed by atoms with Gasteiger partial charge >= 0.3 is 5.97 Å². The van der Waals surface area contributed by atoms with Gasteiger partial charge in [0.05, 0.1) is 12.5 Å². The monoisotopic (exact) mass is 478 g/mol. The van der Waals surface area contributed by atoms with E-state index in [0.717, 1.165) is 38.9 Å². The molecule has 36 heavy (non-hydrogen) atoms. The van der Waals surface area contributed by atoms with Crippen molar-refractivity contribution in [1.29, 1.82) is 0 Å². The molecule has 0 spiro atoms. The molecule has 0 heterocycles. The van der Waals surface area contributed by atoms with Crippen LogP contribution >= 0.6 is 0 Å². The molecule has 0 fully saturated rings. The molecule has 4 aromatic rings. The Labute approximate surface area is 209 Å². The third-order valence-electron chi connectivity index (χ3n) is 7.05. The summed E-state index contributed by atoms with van der Waals surface area (Å²) in [6.45, 7) is 3.78. The molecule has 0 aromatic heterocycles. The molecule has 4 aromatic carbocycles. The fourth-order valence-electron chi connectivity index (χ4n) is 5.37. The maximum absolute atomic E-state index is 12.2. The van der Waals surface area contributed by atoms with Crippen LogP contribution in [-0.2, 0) is 9.53 Å². The van der Waals surface area contributed by atoms with Crippen LogP contribution in [0.25, 0.3) is 22.3 Å². The number of hydrogen-bond acceptors (Lipinski definition) is 5. The Morgan fingerprint density at radius 3 is 1.92 bits per heavy atom. The molecular weight excluding hydrogens is 452 g/mol.